The lowest BCUT2D eigenvalue weighted by Crippen LogP contribution is -2.21. The third kappa shape index (κ3) is 9.08. The Morgan fingerprint density at radius 1 is 1.10 bits per heavy atom. The molecule has 7 nitrogen and oxygen atoms in total. The number of H-pyrrole nitrogens is 2. The highest BCUT2D eigenvalue weighted by Gasteiger charge is 2.19. The van der Waals surface area contributed by atoms with Crippen LogP contribution in [0.5, 0.6) is 0 Å². The van der Waals surface area contributed by atoms with Crippen LogP contribution in [-0.2, 0) is 0 Å². The summed E-state index contributed by atoms with van der Waals surface area (Å²) in [4.78, 5) is 13.2. The van der Waals surface area contributed by atoms with Gasteiger partial charge in [-0.1, -0.05) is 50.8 Å². The molecule has 1 fully saturated rings. The van der Waals surface area contributed by atoms with Crippen LogP contribution < -0.4 is 5.32 Å². The molecule has 0 aliphatic carbocycles. The van der Waals surface area contributed by atoms with Gasteiger partial charge in [0.2, 0.25) is 0 Å². The number of pyridine rings is 1. The second-order valence-electron chi connectivity index (χ2n) is 12.1. The number of allylic oxidation sites excluding steroid dienone is 6. The van der Waals surface area contributed by atoms with E-state index in [9.17, 15) is 4.39 Å². The fourth-order valence-corrected chi connectivity index (χ4v) is 5.89. The maximum atomic E-state index is 14.9. The lowest BCUT2D eigenvalue weighted by Gasteiger charge is -2.15. The van der Waals surface area contributed by atoms with Gasteiger partial charge >= 0.3 is 0 Å². The topological polar surface area (TPSA) is 75.9 Å². The van der Waals surface area contributed by atoms with Gasteiger partial charge in [-0.2, -0.15) is 5.10 Å². The van der Waals surface area contributed by atoms with Crippen LogP contribution in [0.2, 0.25) is 0 Å². The van der Waals surface area contributed by atoms with Crippen LogP contribution in [0.15, 0.2) is 85.0 Å². The van der Waals surface area contributed by atoms with Crippen molar-refractivity contribution in [1.82, 2.24) is 30.0 Å². The van der Waals surface area contributed by atoms with Gasteiger partial charge in [0.1, 0.15) is 17.0 Å². The average Bonchev–Trinajstić information content (AvgIpc) is 3.84. The molecule has 0 saturated carbocycles. The van der Waals surface area contributed by atoms with Crippen molar-refractivity contribution in [1.29, 1.82) is 0 Å². The van der Waals surface area contributed by atoms with Crippen LogP contribution in [0.3, 0.4) is 0 Å². The minimum absolute atomic E-state index is 0.284. The molecule has 0 amide bonds. The third-order valence-electron chi connectivity index (χ3n) is 8.33. The highest BCUT2D eigenvalue weighted by Crippen LogP contribution is 2.34. The summed E-state index contributed by atoms with van der Waals surface area (Å²) in [5.41, 5.74) is 10.7. The minimum Gasteiger partial charge on any atom is -0.384 e. The lowest BCUT2D eigenvalue weighted by molar-refractivity contribution is 0.371. The fourth-order valence-electron chi connectivity index (χ4n) is 5.89. The van der Waals surface area contributed by atoms with Gasteiger partial charge < -0.3 is 15.2 Å². The van der Waals surface area contributed by atoms with E-state index in [4.69, 9.17) is 4.98 Å². The van der Waals surface area contributed by atoms with Crippen molar-refractivity contribution in [3.63, 3.8) is 0 Å². The number of halogens is 1. The Balaban J connectivity index is 0.00000255. The quantitative estimate of drug-likeness (QED) is 0.126. The van der Waals surface area contributed by atoms with E-state index in [-0.39, 0.29) is 5.82 Å². The lowest BCUT2D eigenvalue weighted by atomic mass is 9.96. The summed E-state index contributed by atoms with van der Waals surface area (Å²) >= 11 is 0. The number of likely N-dealkylation sites (N-methyl/N-ethyl adjacent to an activating group) is 1. The SMILES string of the molecule is C=C/C(=C\C(=C/C)c1ccc2[nH]nc(-c3cc(/C(=C\C=C/C)c4cc(F)cc(NCCN(C)C)c4)c(C)[nH]3)c2n1)CN1CCCC1.CC. The Bertz CT molecular complexity index is 1800. The van der Waals surface area contributed by atoms with E-state index >= 15 is 0 Å². The number of nitrogens with zero attached hydrogens (tertiary/aromatic N) is 4. The molecule has 0 atom stereocenters. The summed E-state index contributed by atoms with van der Waals surface area (Å²) in [6.45, 7) is 18.9. The molecule has 3 aromatic heterocycles. The number of fused-ring (bicyclic) bond motifs is 1. The first-order valence-corrected chi connectivity index (χ1v) is 17.1. The third-order valence-corrected chi connectivity index (χ3v) is 8.33. The fraction of sp³-hybridized carbons (Fsp3) is 0.350. The van der Waals surface area contributed by atoms with E-state index in [0.29, 0.717) is 0 Å². The molecular weight excluding hydrogens is 597 g/mol. The van der Waals surface area contributed by atoms with E-state index in [0.717, 1.165) is 94.5 Å². The number of benzene rings is 1. The molecular formula is C40H52FN7. The molecule has 0 bridgehead atoms. The number of aryl methyl sites for hydroxylation is 1. The van der Waals surface area contributed by atoms with Gasteiger partial charge in [-0.15, -0.1) is 0 Å². The van der Waals surface area contributed by atoms with Crippen LogP contribution in [0.25, 0.3) is 33.6 Å². The van der Waals surface area contributed by atoms with Crippen molar-refractivity contribution in [3.05, 3.63) is 113 Å². The number of hydrogen-bond donors (Lipinski definition) is 3. The Morgan fingerprint density at radius 2 is 1.88 bits per heavy atom. The zero-order valence-corrected chi connectivity index (χ0v) is 29.8. The highest BCUT2D eigenvalue weighted by molar-refractivity contribution is 5.92. The number of nitrogens with one attached hydrogen (secondary N) is 3. The number of anilines is 1. The Kier molecular flexibility index (Phi) is 13.3. The monoisotopic (exact) mass is 649 g/mol. The molecule has 0 spiro atoms. The van der Waals surface area contributed by atoms with Crippen molar-refractivity contribution in [2.24, 2.45) is 0 Å². The highest BCUT2D eigenvalue weighted by atomic mass is 19.1. The van der Waals surface area contributed by atoms with E-state index in [1.807, 2.05) is 91.2 Å². The second kappa shape index (κ2) is 17.6. The zero-order valence-electron chi connectivity index (χ0n) is 29.8. The predicted octanol–water partition coefficient (Wildman–Crippen LogP) is 9.02. The predicted molar refractivity (Wildman–Crippen MR) is 203 cm³/mol. The van der Waals surface area contributed by atoms with Gasteiger partial charge in [-0.3, -0.25) is 10.00 Å². The normalized spacial score (nSPS) is 14.6. The van der Waals surface area contributed by atoms with Crippen molar-refractivity contribution >= 4 is 27.9 Å². The molecule has 0 unspecified atom stereocenters. The zero-order chi connectivity index (χ0) is 34.6. The summed E-state index contributed by atoms with van der Waals surface area (Å²) < 4.78 is 14.9. The smallest absolute Gasteiger partial charge is 0.135 e. The number of aromatic amines is 2. The number of hydrogen-bond acceptors (Lipinski definition) is 5. The van der Waals surface area contributed by atoms with Crippen molar-refractivity contribution in [2.45, 2.75) is 47.5 Å². The van der Waals surface area contributed by atoms with E-state index in [1.54, 1.807) is 12.1 Å². The van der Waals surface area contributed by atoms with Crippen molar-refractivity contribution < 1.29 is 4.39 Å². The summed E-state index contributed by atoms with van der Waals surface area (Å²) in [5, 5.41) is 11.2. The Labute approximate surface area is 286 Å². The van der Waals surface area contributed by atoms with Crippen LogP contribution >= 0.6 is 0 Å². The first-order valence-electron chi connectivity index (χ1n) is 17.1. The van der Waals surface area contributed by atoms with E-state index in [1.165, 1.54) is 18.4 Å². The molecule has 1 aliphatic heterocycles. The first kappa shape index (κ1) is 36.3. The number of aromatic nitrogens is 4. The van der Waals surface area contributed by atoms with Crippen LogP contribution in [0.4, 0.5) is 10.1 Å². The summed E-state index contributed by atoms with van der Waals surface area (Å²) in [6.07, 6.45) is 14.7. The maximum absolute atomic E-state index is 14.9. The summed E-state index contributed by atoms with van der Waals surface area (Å²) in [6, 6.07) is 11.3. The molecule has 1 aromatic carbocycles. The van der Waals surface area contributed by atoms with Gasteiger partial charge in [0.15, 0.2) is 0 Å². The molecule has 3 N–H and O–H groups in total. The van der Waals surface area contributed by atoms with Crippen LogP contribution in [-0.4, -0.2) is 76.8 Å². The molecule has 1 saturated heterocycles. The summed E-state index contributed by atoms with van der Waals surface area (Å²) in [7, 11) is 4.04. The standard InChI is InChI=1S/C38H46FN7.C2H6/c1-7-10-13-32(29-21-30(39)23-31(22-29)40-16-19-45(5)6)33-24-36(41-26(33)4)38-37-35(43-44-38)15-14-34(42-37)28(9-3)20-27(8-2)25-46-17-11-12-18-46;1-2/h7-10,13-15,20-24,40-41H,2,11-12,16-19,25H2,1,3-6H3,(H,43,44);1-2H3/b10-7-,27-20+,28-9+,32-13-;. The van der Waals surface area contributed by atoms with Gasteiger partial charge in [0.05, 0.1) is 16.9 Å². The maximum Gasteiger partial charge on any atom is 0.135 e. The van der Waals surface area contributed by atoms with Crippen molar-refractivity contribution in [3.8, 4) is 11.4 Å². The molecule has 4 aromatic rings. The van der Waals surface area contributed by atoms with Gasteiger partial charge in [-0.25, -0.2) is 9.37 Å². The molecule has 254 valence electrons. The van der Waals surface area contributed by atoms with Gasteiger partial charge in [0, 0.05) is 36.6 Å². The minimum atomic E-state index is -0.284. The molecule has 8 heteroatoms. The van der Waals surface area contributed by atoms with E-state index < -0.39 is 0 Å². The van der Waals surface area contributed by atoms with Gasteiger partial charge in [-0.05, 0) is 126 Å². The average molecular weight is 650 g/mol. The Morgan fingerprint density at radius 3 is 2.56 bits per heavy atom. The van der Waals surface area contributed by atoms with Gasteiger partial charge in [0.25, 0.3) is 0 Å². The molecule has 5 rings (SSSR count). The molecule has 4 heterocycles. The summed E-state index contributed by atoms with van der Waals surface area (Å²) in [5.74, 6) is -0.284. The molecule has 0 radical (unpaired) electrons. The molecule has 48 heavy (non-hydrogen) atoms. The largest absolute Gasteiger partial charge is 0.384 e. The van der Waals surface area contributed by atoms with E-state index in [2.05, 4.69) is 55.1 Å². The van der Waals surface area contributed by atoms with Crippen molar-refractivity contribution in [2.75, 3.05) is 52.1 Å². The second-order valence-corrected chi connectivity index (χ2v) is 12.1. The Hall–Kier alpha value is -4.53. The number of likely N-dealkylation sites (tertiary alicyclic amines) is 1. The first-order chi connectivity index (χ1) is 23.3. The van der Waals surface area contributed by atoms with Crippen LogP contribution in [0.1, 0.15) is 63.1 Å². The van der Waals surface area contributed by atoms with Crippen LogP contribution in [0, 0.1) is 12.7 Å². The number of rotatable bonds is 13. The molecule has 1 aliphatic rings.